The maximum Gasteiger partial charge on any atom is 0.247 e. The number of hydrogen-bond donors (Lipinski definition) is 1. The SMILES string of the molecule is O=C(Cn1cc(-c2cccc(F)c2)cn1)Nc1ccnn1Cc1ccco1. The van der Waals surface area contributed by atoms with Gasteiger partial charge in [-0.15, -0.1) is 0 Å². The maximum absolute atomic E-state index is 13.3. The normalized spacial score (nSPS) is 10.9. The van der Waals surface area contributed by atoms with Gasteiger partial charge in [-0.2, -0.15) is 10.2 Å². The highest BCUT2D eigenvalue weighted by Gasteiger charge is 2.11. The zero-order valence-electron chi connectivity index (χ0n) is 14.2. The summed E-state index contributed by atoms with van der Waals surface area (Å²) in [6.45, 7) is 0.447. The van der Waals surface area contributed by atoms with Crippen LogP contribution in [0.2, 0.25) is 0 Å². The first kappa shape index (κ1) is 16.8. The van der Waals surface area contributed by atoms with Crippen molar-refractivity contribution in [3.63, 3.8) is 0 Å². The average molecular weight is 365 g/mol. The molecule has 136 valence electrons. The molecule has 7 nitrogen and oxygen atoms in total. The average Bonchev–Trinajstić information content (AvgIpc) is 3.39. The molecule has 0 aliphatic carbocycles. The van der Waals surface area contributed by atoms with Crippen molar-refractivity contribution in [2.45, 2.75) is 13.1 Å². The molecule has 8 heteroatoms. The summed E-state index contributed by atoms with van der Waals surface area (Å²) < 4.78 is 21.8. The first-order valence-corrected chi connectivity index (χ1v) is 8.30. The van der Waals surface area contributed by atoms with E-state index >= 15 is 0 Å². The van der Waals surface area contributed by atoms with Crippen LogP contribution in [-0.4, -0.2) is 25.5 Å². The molecule has 0 aliphatic rings. The van der Waals surface area contributed by atoms with Crippen LogP contribution in [0.5, 0.6) is 0 Å². The van der Waals surface area contributed by atoms with E-state index in [1.165, 1.54) is 16.8 Å². The third-order valence-corrected chi connectivity index (χ3v) is 3.97. The molecule has 3 aromatic heterocycles. The van der Waals surface area contributed by atoms with Gasteiger partial charge < -0.3 is 9.73 Å². The number of furan rings is 1. The molecule has 0 saturated heterocycles. The Hall–Kier alpha value is -3.68. The third-order valence-electron chi connectivity index (χ3n) is 3.97. The highest BCUT2D eigenvalue weighted by atomic mass is 19.1. The summed E-state index contributed by atoms with van der Waals surface area (Å²) in [5, 5.41) is 11.2. The van der Waals surface area contributed by atoms with Crippen molar-refractivity contribution >= 4 is 11.7 Å². The number of nitrogens with one attached hydrogen (secondary N) is 1. The fourth-order valence-corrected chi connectivity index (χ4v) is 2.71. The standard InChI is InChI=1S/C19H16FN5O2/c20-16-4-1-3-14(9-16)15-10-22-24(11-15)13-19(26)23-18-6-7-21-25(18)12-17-5-2-8-27-17/h1-11H,12-13H2,(H,23,26). The smallest absolute Gasteiger partial charge is 0.247 e. The number of benzene rings is 1. The molecule has 27 heavy (non-hydrogen) atoms. The van der Waals surface area contributed by atoms with E-state index in [0.29, 0.717) is 17.9 Å². The van der Waals surface area contributed by atoms with Gasteiger partial charge in [0.1, 0.15) is 30.5 Å². The highest BCUT2D eigenvalue weighted by Crippen LogP contribution is 2.19. The number of carbonyl (C=O) groups is 1. The van der Waals surface area contributed by atoms with Gasteiger partial charge >= 0.3 is 0 Å². The summed E-state index contributed by atoms with van der Waals surface area (Å²) in [4.78, 5) is 12.3. The Labute approximate surface area is 154 Å². The topological polar surface area (TPSA) is 77.9 Å². The molecule has 1 aromatic carbocycles. The number of aromatic nitrogens is 4. The van der Waals surface area contributed by atoms with Gasteiger partial charge in [-0.25, -0.2) is 9.07 Å². The van der Waals surface area contributed by atoms with E-state index < -0.39 is 0 Å². The van der Waals surface area contributed by atoms with Crippen LogP contribution in [0, 0.1) is 5.82 Å². The van der Waals surface area contributed by atoms with Crippen molar-refractivity contribution in [2.24, 2.45) is 0 Å². The molecular formula is C19H16FN5O2. The monoisotopic (exact) mass is 365 g/mol. The van der Waals surface area contributed by atoms with Gasteiger partial charge in [0.15, 0.2) is 0 Å². The zero-order chi connectivity index (χ0) is 18.6. The van der Waals surface area contributed by atoms with Crippen LogP contribution < -0.4 is 5.32 Å². The van der Waals surface area contributed by atoms with Crippen molar-refractivity contribution < 1.29 is 13.6 Å². The number of halogens is 1. The van der Waals surface area contributed by atoms with Crippen LogP contribution >= 0.6 is 0 Å². The largest absolute Gasteiger partial charge is 0.467 e. The zero-order valence-corrected chi connectivity index (χ0v) is 14.2. The Morgan fingerprint density at radius 3 is 2.89 bits per heavy atom. The van der Waals surface area contributed by atoms with E-state index in [1.807, 2.05) is 6.07 Å². The summed E-state index contributed by atoms with van der Waals surface area (Å²) in [7, 11) is 0. The molecule has 1 amide bonds. The highest BCUT2D eigenvalue weighted by molar-refractivity contribution is 5.89. The van der Waals surface area contributed by atoms with Gasteiger partial charge in [0.25, 0.3) is 0 Å². The quantitative estimate of drug-likeness (QED) is 0.569. The van der Waals surface area contributed by atoms with Crippen LogP contribution in [0.25, 0.3) is 11.1 Å². The molecule has 1 N–H and O–H groups in total. The fraction of sp³-hybridized carbons (Fsp3) is 0.105. The first-order chi connectivity index (χ1) is 13.2. The van der Waals surface area contributed by atoms with Gasteiger partial charge in [0.2, 0.25) is 5.91 Å². The van der Waals surface area contributed by atoms with E-state index in [9.17, 15) is 9.18 Å². The van der Waals surface area contributed by atoms with Crippen molar-refractivity contribution in [3.8, 4) is 11.1 Å². The molecule has 0 atom stereocenters. The molecule has 0 radical (unpaired) electrons. The lowest BCUT2D eigenvalue weighted by atomic mass is 10.1. The minimum atomic E-state index is -0.317. The number of amides is 1. The van der Waals surface area contributed by atoms with E-state index in [1.54, 1.807) is 53.8 Å². The van der Waals surface area contributed by atoms with Crippen LogP contribution in [0.3, 0.4) is 0 Å². The lowest BCUT2D eigenvalue weighted by molar-refractivity contribution is -0.116. The Balaban J connectivity index is 1.41. The van der Waals surface area contributed by atoms with Crippen LogP contribution in [0.15, 0.2) is 71.7 Å². The predicted molar refractivity (Wildman–Crippen MR) is 96.3 cm³/mol. The second kappa shape index (κ2) is 7.28. The predicted octanol–water partition coefficient (Wildman–Crippen LogP) is 3.17. The second-order valence-electron chi connectivity index (χ2n) is 5.94. The van der Waals surface area contributed by atoms with Gasteiger partial charge in [0, 0.05) is 17.8 Å². The minimum Gasteiger partial charge on any atom is -0.467 e. The first-order valence-electron chi connectivity index (χ1n) is 8.30. The molecule has 3 heterocycles. The van der Waals surface area contributed by atoms with Crippen LogP contribution in [0.1, 0.15) is 5.76 Å². The second-order valence-corrected chi connectivity index (χ2v) is 5.94. The Kier molecular flexibility index (Phi) is 4.52. The van der Waals surface area contributed by atoms with Gasteiger partial charge in [-0.1, -0.05) is 12.1 Å². The summed E-state index contributed by atoms with van der Waals surface area (Å²) >= 11 is 0. The Morgan fingerprint density at radius 1 is 1.15 bits per heavy atom. The van der Waals surface area contributed by atoms with E-state index in [0.717, 1.165) is 11.3 Å². The molecule has 4 aromatic rings. The Bertz CT molecular complexity index is 1050. The molecule has 0 fully saturated rings. The molecule has 0 saturated carbocycles. The summed E-state index contributed by atoms with van der Waals surface area (Å²) in [5.74, 6) is 0.739. The number of nitrogens with zero attached hydrogens (tertiary/aromatic N) is 4. The van der Waals surface area contributed by atoms with E-state index in [2.05, 4.69) is 15.5 Å². The van der Waals surface area contributed by atoms with Gasteiger partial charge in [0.05, 0.1) is 18.7 Å². The Morgan fingerprint density at radius 2 is 2.07 bits per heavy atom. The molecule has 4 rings (SSSR count). The number of anilines is 1. The fourth-order valence-electron chi connectivity index (χ4n) is 2.71. The van der Waals surface area contributed by atoms with Crippen LogP contribution in [0.4, 0.5) is 10.2 Å². The number of rotatable bonds is 6. The maximum atomic E-state index is 13.3. The number of carbonyl (C=O) groups excluding carboxylic acids is 1. The van der Waals surface area contributed by atoms with Crippen molar-refractivity contribution in [3.05, 3.63) is 78.9 Å². The lowest BCUT2D eigenvalue weighted by Gasteiger charge is -2.08. The van der Waals surface area contributed by atoms with Crippen LogP contribution in [-0.2, 0) is 17.9 Å². The van der Waals surface area contributed by atoms with Crippen molar-refractivity contribution in [1.82, 2.24) is 19.6 Å². The molecule has 0 spiro atoms. The van der Waals surface area contributed by atoms with E-state index in [-0.39, 0.29) is 18.3 Å². The van der Waals surface area contributed by atoms with Gasteiger partial charge in [-0.05, 0) is 29.8 Å². The molecular weight excluding hydrogens is 349 g/mol. The lowest BCUT2D eigenvalue weighted by Crippen LogP contribution is -2.21. The van der Waals surface area contributed by atoms with Gasteiger partial charge in [-0.3, -0.25) is 9.48 Å². The summed E-state index contributed by atoms with van der Waals surface area (Å²) in [5.41, 5.74) is 1.45. The van der Waals surface area contributed by atoms with Crippen molar-refractivity contribution in [1.29, 1.82) is 0 Å². The molecule has 0 bridgehead atoms. The third kappa shape index (κ3) is 3.95. The summed E-state index contributed by atoms with van der Waals surface area (Å²) in [6.07, 6.45) is 6.50. The van der Waals surface area contributed by atoms with E-state index in [4.69, 9.17) is 4.42 Å². The minimum absolute atomic E-state index is 0.0290. The summed E-state index contributed by atoms with van der Waals surface area (Å²) in [6, 6.07) is 11.6. The molecule has 0 unspecified atom stereocenters. The molecule has 0 aliphatic heterocycles. The van der Waals surface area contributed by atoms with Crippen molar-refractivity contribution in [2.75, 3.05) is 5.32 Å². The number of hydrogen-bond acceptors (Lipinski definition) is 4.